The lowest BCUT2D eigenvalue weighted by Gasteiger charge is -2.15. The van der Waals surface area contributed by atoms with Gasteiger partial charge in [0.05, 0.1) is 23.6 Å². The molecular weight excluding hydrogens is 244 g/mol. The van der Waals surface area contributed by atoms with E-state index < -0.39 is 10.0 Å². The average Bonchev–Trinajstić information content (AvgIpc) is 2.88. The van der Waals surface area contributed by atoms with Gasteiger partial charge in [-0.15, -0.1) is 0 Å². The molecule has 0 bridgehead atoms. The second-order valence-corrected chi connectivity index (χ2v) is 5.83. The molecule has 0 radical (unpaired) electrons. The zero-order valence-electron chi connectivity index (χ0n) is 9.51. The minimum atomic E-state index is -3.54. The summed E-state index contributed by atoms with van der Waals surface area (Å²) in [6, 6.07) is 1.23. The van der Waals surface area contributed by atoms with Crippen LogP contribution >= 0.6 is 0 Å². The number of nitrogens with one attached hydrogen (secondary N) is 2. The molecule has 0 aliphatic carbocycles. The number of rotatable bonds is 4. The maximum Gasteiger partial charge on any atom is 0.242 e. The molecule has 1 aromatic heterocycles. The van der Waals surface area contributed by atoms with E-state index in [0.29, 0.717) is 18.7 Å². The van der Waals surface area contributed by atoms with Crippen LogP contribution in [0, 0.1) is 0 Å². The summed E-state index contributed by atoms with van der Waals surface area (Å²) in [5, 5.41) is 8.88. The van der Waals surface area contributed by atoms with Gasteiger partial charge in [-0.3, -0.25) is 0 Å². The average molecular weight is 260 g/mol. The summed E-state index contributed by atoms with van der Waals surface area (Å²) in [7, 11) is -3.54. The van der Waals surface area contributed by atoms with Crippen LogP contribution in [-0.2, 0) is 21.4 Å². The van der Waals surface area contributed by atoms with Crippen molar-refractivity contribution in [1.29, 1.82) is 0 Å². The molecule has 17 heavy (non-hydrogen) atoms. The topological polar surface area (TPSA) is 91.4 Å². The first-order chi connectivity index (χ1) is 8.03. The van der Waals surface area contributed by atoms with Crippen LogP contribution in [-0.4, -0.2) is 37.3 Å². The van der Waals surface area contributed by atoms with Gasteiger partial charge in [0.1, 0.15) is 0 Å². The van der Waals surface area contributed by atoms with Gasteiger partial charge in [-0.2, -0.15) is 0 Å². The van der Waals surface area contributed by atoms with E-state index in [1.807, 2.05) is 6.92 Å². The lowest BCUT2D eigenvalue weighted by Crippen LogP contribution is -2.38. The van der Waals surface area contributed by atoms with Crippen LogP contribution in [0.1, 0.15) is 19.0 Å². The molecule has 3 N–H and O–H groups in total. The van der Waals surface area contributed by atoms with Crippen LogP contribution < -0.4 is 4.72 Å². The Morgan fingerprint density at radius 1 is 1.65 bits per heavy atom. The van der Waals surface area contributed by atoms with Crippen LogP contribution in [0.25, 0.3) is 0 Å². The Kier molecular flexibility index (Phi) is 3.53. The third-order valence-corrected chi connectivity index (χ3v) is 4.35. The van der Waals surface area contributed by atoms with Crippen molar-refractivity contribution >= 4 is 10.0 Å². The van der Waals surface area contributed by atoms with Crippen LogP contribution in [0.2, 0.25) is 0 Å². The van der Waals surface area contributed by atoms with Crippen LogP contribution in [0.5, 0.6) is 0 Å². The highest BCUT2D eigenvalue weighted by Crippen LogP contribution is 2.17. The minimum Gasteiger partial charge on any atom is -0.390 e. The number of aromatic amines is 1. The fourth-order valence-corrected chi connectivity index (χ4v) is 3.17. The number of hydrogen-bond donors (Lipinski definition) is 3. The lowest BCUT2D eigenvalue weighted by molar-refractivity contribution is 0.117. The fourth-order valence-electron chi connectivity index (χ4n) is 1.82. The molecule has 96 valence electrons. The standard InChI is InChI=1S/C10H16N2O4S/c1-7-10(2-3-16-7)12-17(14,15)9-4-8(6-13)11-5-9/h4-5,7,10-13H,2-3,6H2,1H3. The summed E-state index contributed by atoms with van der Waals surface area (Å²) in [6.45, 7) is 2.21. The number of sulfonamides is 1. The van der Waals surface area contributed by atoms with Gasteiger partial charge in [-0.1, -0.05) is 0 Å². The van der Waals surface area contributed by atoms with Crippen molar-refractivity contribution in [2.45, 2.75) is 37.0 Å². The van der Waals surface area contributed by atoms with Gasteiger partial charge in [-0.05, 0) is 19.4 Å². The van der Waals surface area contributed by atoms with Crippen molar-refractivity contribution in [1.82, 2.24) is 9.71 Å². The molecule has 2 rings (SSSR count). The Morgan fingerprint density at radius 3 is 2.94 bits per heavy atom. The van der Waals surface area contributed by atoms with Crippen molar-refractivity contribution in [2.75, 3.05) is 6.61 Å². The van der Waals surface area contributed by atoms with E-state index in [1.54, 1.807) is 0 Å². The molecule has 2 atom stereocenters. The predicted octanol–water partition coefficient (Wildman–Crippen LogP) is -0.0373. The Morgan fingerprint density at radius 2 is 2.41 bits per heavy atom. The van der Waals surface area contributed by atoms with E-state index in [-0.39, 0.29) is 23.6 Å². The largest absolute Gasteiger partial charge is 0.390 e. The van der Waals surface area contributed by atoms with Gasteiger partial charge in [0.15, 0.2) is 0 Å². The van der Waals surface area contributed by atoms with E-state index >= 15 is 0 Å². The zero-order valence-corrected chi connectivity index (χ0v) is 10.3. The Balaban J connectivity index is 2.13. The van der Waals surface area contributed by atoms with Gasteiger partial charge < -0.3 is 14.8 Å². The Hall–Kier alpha value is -0.890. The van der Waals surface area contributed by atoms with Crippen molar-refractivity contribution in [2.24, 2.45) is 0 Å². The maximum atomic E-state index is 12.0. The second kappa shape index (κ2) is 4.77. The monoisotopic (exact) mass is 260 g/mol. The number of ether oxygens (including phenoxy) is 1. The van der Waals surface area contributed by atoms with Crippen molar-refractivity contribution in [3.8, 4) is 0 Å². The van der Waals surface area contributed by atoms with Crippen molar-refractivity contribution in [3.05, 3.63) is 18.0 Å². The quantitative estimate of drug-likeness (QED) is 0.708. The molecule has 0 saturated carbocycles. The summed E-state index contributed by atoms with van der Waals surface area (Å²) in [5.41, 5.74) is 0.473. The fraction of sp³-hybridized carbons (Fsp3) is 0.600. The molecule has 0 aromatic carbocycles. The number of hydrogen-bond acceptors (Lipinski definition) is 4. The molecule has 0 amide bonds. The Labute approximate surface area is 100 Å². The van der Waals surface area contributed by atoms with E-state index in [1.165, 1.54) is 12.3 Å². The molecule has 1 aliphatic rings. The highest BCUT2D eigenvalue weighted by Gasteiger charge is 2.29. The first kappa shape index (κ1) is 12.6. The van der Waals surface area contributed by atoms with E-state index in [9.17, 15) is 8.42 Å². The molecule has 2 unspecified atom stereocenters. The van der Waals surface area contributed by atoms with Gasteiger partial charge in [-0.25, -0.2) is 13.1 Å². The summed E-state index contributed by atoms with van der Waals surface area (Å²) >= 11 is 0. The Bertz CT molecular complexity index is 482. The van der Waals surface area contributed by atoms with Gasteiger partial charge in [0.25, 0.3) is 0 Å². The molecule has 1 aliphatic heterocycles. The van der Waals surface area contributed by atoms with Gasteiger partial charge >= 0.3 is 0 Å². The first-order valence-electron chi connectivity index (χ1n) is 5.45. The molecule has 1 aromatic rings. The smallest absolute Gasteiger partial charge is 0.242 e. The highest BCUT2D eigenvalue weighted by atomic mass is 32.2. The molecule has 6 nitrogen and oxygen atoms in total. The van der Waals surface area contributed by atoms with E-state index in [2.05, 4.69) is 9.71 Å². The predicted molar refractivity (Wildman–Crippen MR) is 60.9 cm³/mol. The first-order valence-corrected chi connectivity index (χ1v) is 6.93. The molecule has 2 heterocycles. The third kappa shape index (κ3) is 2.68. The zero-order chi connectivity index (χ0) is 12.5. The molecule has 0 spiro atoms. The van der Waals surface area contributed by atoms with Crippen molar-refractivity contribution < 1.29 is 18.3 Å². The molecule has 1 saturated heterocycles. The SMILES string of the molecule is CC1OCCC1NS(=O)(=O)c1c[nH]c(CO)c1. The highest BCUT2D eigenvalue weighted by molar-refractivity contribution is 7.89. The number of aliphatic hydroxyl groups is 1. The summed E-state index contributed by atoms with van der Waals surface area (Å²) in [6.07, 6.45) is 1.94. The minimum absolute atomic E-state index is 0.110. The molecule has 7 heteroatoms. The van der Waals surface area contributed by atoms with Gasteiger partial charge in [0, 0.05) is 18.5 Å². The number of aliphatic hydroxyl groups excluding tert-OH is 1. The van der Waals surface area contributed by atoms with Crippen LogP contribution in [0.3, 0.4) is 0 Å². The number of H-pyrrole nitrogens is 1. The molecule has 1 fully saturated rings. The van der Waals surface area contributed by atoms with Crippen molar-refractivity contribution in [3.63, 3.8) is 0 Å². The van der Waals surface area contributed by atoms with E-state index in [4.69, 9.17) is 9.84 Å². The lowest BCUT2D eigenvalue weighted by atomic mass is 10.2. The van der Waals surface area contributed by atoms with E-state index in [0.717, 1.165) is 0 Å². The summed E-state index contributed by atoms with van der Waals surface area (Å²) in [4.78, 5) is 2.84. The normalized spacial score (nSPS) is 25.3. The molecular formula is C10H16N2O4S. The summed E-state index contributed by atoms with van der Waals surface area (Å²) < 4.78 is 31.9. The van der Waals surface area contributed by atoms with Crippen LogP contribution in [0.4, 0.5) is 0 Å². The second-order valence-electron chi connectivity index (χ2n) is 4.11. The third-order valence-electron chi connectivity index (χ3n) is 2.88. The maximum absolute atomic E-state index is 12.0. The van der Waals surface area contributed by atoms with Gasteiger partial charge in [0.2, 0.25) is 10.0 Å². The number of aromatic nitrogens is 1. The van der Waals surface area contributed by atoms with Crippen LogP contribution in [0.15, 0.2) is 17.2 Å². The summed E-state index contributed by atoms with van der Waals surface area (Å²) in [5.74, 6) is 0.